The number of aliphatic hydroxyl groups is 7. The number of hydrogen-bond acceptors (Lipinski definition) is 15. The molecule has 2 saturated heterocycles. The van der Waals surface area contributed by atoms with Gasteiger partial charge < -0.3 is 69.3 Å². The number of aromatic hydroxyl groups is 2. The van der Waals surface area contributed by atoms with E-state index in [0.29, 0.717) is 5.56 Å². The quantitative estimate of drug-likeness (QED) is 0.144. The molecule has 0 radical (unpaired) electrons. The lowest BCUT2D eigenvalue weighted by atomic mass is 9.89. The highest BCUT2D eigenvalue weighted by Crippen LogP contribution is 2.46. The normalized spacial score (nSPS) is 33.0. The predicted octanol–water partition coefficient (Wildman–Crippen LogP) is -1.78. The molecule has 3 heterocycles. The van der Waals surface area contributed by atoms with E-state index >= 15 is 0 Å². The molecule has 0 spiro atoms. The van der Waals surface area contributed by atoms with Crippen molar-refractivity contribution in [2.45, 2.75) is 61.2 Å². The molecule has 1 aromatic heterocycles. The fourth-order valence-electron chi connectivity index (χ4n) is 5.32. The van der Waals surface area contributed by atoms with Crippen LogP contribution in [-0.4, -0.2) is 121 Å². The predicted molar refractivity (Wildman–Crippen MR) is 143 cm³/mol. The van der Waals surface area contributed by atoms with E-state index in [0.717, 1.165) is 6.07 Å². The van der Waals surface area contributed by atoms with Crippen molar-refractivity contribution in [1.29, 1.82) is 0 Å². The minimum Gasteiger partial charge on any atom is -0.508 e. The zero-order valence-electron chi connectivity index (χ0n) is 22.6. The SMILES string of the molecule is COc1cc2oc(-c3ccc(O)cc3)cc(=O)c2c(O)c1[C@H]1O[C@H](CO)[C@@H](O)[C@H](O)[C@H]1O[C@@H]1O[C@H](CO)[C@@H](O)[C@H](O)[C@H]1O. The van der Waals surface area contributed by atoms with Crippen LogP contribution >= 0.6 is 0 Å². The van der Waals surface area contributed by atoms with Crippen molar-refractivity contribution < 1.29 is 69.3 Å². The lowest BCUT2D eigenvalue weighted by Crippen LogP contribution is -2.62. The summed E-state index contributed by atoms with van der Waals surface area (Å²) in [5.74, 6) is -0.711. The summed E-state index contributed by atoms with van der Waals surface area (Å²) in [5, 5.41) is 92.6. The molecule has 2 aliphatic heterocycles. The molecule has 2 fully saturated rings. The Morgan fingerprint density at radius 1 is 0.814 bits per heavy atom. The second-order valence-corrected chi connectivity index (χ2v) is 10.3. The highest BCUT2D eigenvalue weighted by molar-refractivity contribution is 5.88. The molecule has 2 aromatic carbocycles. The van der Waals surface area contributed by atoms with Gasteiger partial charge in [-0.05, 0) is 24.3 Å². The lowest BCUT2D eigenvalue weighted by Gasteiger charge is -2.46. The zero-order valence-corrected chi connectivity index (χ0v) is 22.6. The topological polar surface area (TPSA) is 249 Å². The summed E-state index contributed by atoms with van der Waals surface area (Å²) in [6, 6.07) is 8.22. The molecule has 0 saturated carbocycles. The molecule has 10 atom stereocenters. The van der Waals surface area contributed by atoms with Crippen LogP contribution in [0.1, 0.15) is 11.7 Å². The molecular weight excluding hydrogens is 576 g/mol. The van der Waals surface area contributed by atoms with Gasteiger partial charge in [0.05, 0.1) is 25.9 Å². The van der Waals surface area contributed by atoms with Crippen LogP contribution in [0.4, 0.5) is 0 Å². The first-order valence-electron chi connectivity index (χ1n) is 13.3. The molecule has 0 bridgehead atoms. The molecule has 9 N–H and O–H groups in total. The van der Waals surface area contributed by atoms with Crippen LogP contribution < -0.4 is 10.2 Å². The second-order valence-electron chi connectivity index (χ2n) is 10.3. The van der Waals surface area contributed by atoms with Gasteiger partial charge in [0.15, 0.2) is 11.7 Å². The monoisotopic (exact) mass is 608 g/mol. The number of methoxy groups -OCH3 is 1. The summed E-state index contributed by atoms with van der Waals surface area (Å²) >= 11 is 0. The Morgan fingerprint density at radius 3 is 2.07 bits per heavy atom. The van der Waals surface area contributed by atoms with E-state index in [4.69, 9.17) is 23.4 Å². The third kappa shape index (κ3) is 5.56. The number of phenolic OH excluding ortho intramolecular Hbond substituents is 2. The number of phenols is 2. The first-order chi connectivity index (χ1) is 20.5. The van der Waals surface area contributed by atoms with Crippen molar-refractivity contribution in [1.82, 2.24) is 0 Å². The van der Waals surface area contributed by atoms with E-state index in [9.17, 15) is 50.8 Å². The number of ether oxygens (including phenoxy) is 4. The Balaban J connectivity index is 1.61. The largest absolute Gasteiger partial charge is 0.508 e. The maximum absolute atomic E-state index is 13.3. The van der Waals surface area contributed by atoms with Crippen molar-refractivity contribution in [2.75, 3.05) is 20.3 Å². The molecule has 234 valence electrons. The summed E-state index contributed by atoms with van der Waals surface area (Å²) in [5.41, 5.74) is -0.591. The smallest absolute Gasteiger partial charge is 0.197 e. The molecule has 15 nitrogen and oxygen atoms in total. The number of fused-ring (bicyclic) bond motifs is 1. The van der Waals surface area contributed by atoms with Crippen molar-refractivity contribution in [3.8, 4) is 28.6 Å². The fourth-order valence-corrected chi connectivity index (χ4v) is 5.32. The third-order valence-electron chi connectivity index (χ3n) is 7.66. The van der Waals surface area contributed by atoms with Crippen LogP contribution in [-0.2, 0) is 14.2 Å². The molecule has 3 aromatic rings. The van der Waals surface area contributed by atoms with Gasteiger partial charge in [0.2, 0.25) is 0 Å². The summed E-state index contributed by atoms with van der Waals surface area (Å²) in [6.07, 6.45) is -16.9. The Labute approximate surface area is 242 Å². The maximum atomic E-state index is 13.3. The molecule has 0 unspecified atom stereocenters. The molecule has 5 rings (SSSR count). The summed E-state index contributed by atoms with van der Waals surface area (Å²) in [4.78, 5) is 13.3. The van der Waals surface area contributed by atoms with Gasteiger partial charge in [-0.15, -0.1) is 0 Å². The molecule has 43 heavy (non-hydrogen) atoms. The Hall–Kier alpha value is -3.35. The van der Waals surface area contributed by atoms with Gasteiger partial charge in [0.1, 0.15) is 88.9 Å². The summed E-state index contributed by atoms with van der Waals surface area (Å²) in [6.45, 7) is -1.55. The van der Waals surface area contributed by atoms with E-state index in [1.807, 2.05) is 0 Å². The van der Waals surface area contributed by atoms with Gasteiger partial charge in [0.25, 0.3) is 0 Å². The van der Waals surface area contributed by atoms with Crippen molar-refractivity contribution in [3.05, 3.63) is 52.2 Å². The second kappa shape index (κ2) is 12.3. The van der Waals surface area contributed by atoms with E-state index < -0.39 is 85.6 Å². The number of hydrogen-bond donors (Lipinski definition) is 9. The van der Waals surface area contributed by atoms with E-state index in [1.54, 1.807) is 0 Å². The molecule has 2 aliphatic rings. The van der Waals surface area contributed by atoms with Gasteiger partial charge in [0, 0.05) is 17.7 Å². The van der Waals surface area contributed by atoms with Crippen LogP contribution in [0.15, 0.2) is 45.6 Å². The Morgan fingerprint density at radius 2 is 1.44 bits per heavy atom. The third-order valence-corrected chi connectivity index (χ3v) is 7.66. The maximum Gasteiger partial charge on any atom is 0.197 e. The zero-order chi connectivity index (χ0) is 31.2. The molecule has 0 amide bonds. The van der Waals surface area contributed by atoms with Crippen LogP contribution in [0, 0.1) is 0 Å². The summed E-state index contributed by atoms with van der Waals surface area (Å²) in [7, 11) is 1.23. The molecule has 15 heteroatoms. The van der Waals surface area contributed by atoms with Gasteiger partial charge in [-0.1, -0.05) is 0 Å². The Kier molecular flexibility index (Phi) is 8.92. The van der Waals surface area contributed by atoms with Crippen molar-refractivity contribution in [2.24, 2.45) is 0 Å². The van der Waals surface area contributed by atoms with Crippen LogP contribution in [0.3, 0.4) is 0 Å². The van der Waals surface area contributed by atoms with Crippen molar-refractivity contribution >= 4 is 11.0 Å². The lowest BCUT2D eigenvalue weighted by molar-refractivity contribution is -0.342. The van der Waals surface area contributed by atoms with E-state index in [1.165, 1.54) is 37.4 Å². The number of benzene rings is 2. The molecular formula is C28H32O15. The van der Waals surface area contributed by atoms with Gasteiger partial charge in [-0.3, -0.25) is 4.79 Å². The first-order valence-corrected chi connectivity index (χ1v) is 13.3. The van der Waals surface area contributed by atoms with Crippen LogP contribution in [0.25, 0.3) is 22.3 Å². The van der Waals surface area contributed by atoms with Crippen molar-refractivity contribution in [3.63, 3.8) is 0 Å². The average Bonchev–Trinajstić information content (AvgIpc) is 2.99. The minimum atomic E-state index is -1.89. The highest BCUT2D eigenvalue weighted by Gasteiger charge is 2.52. The minimum absolute atomic E-state index is 0.00250. The van der Waals surface area contributed by atoms with E-state index in [2.05, 4.69) is 0 Å². The average molecular weight is 609 g/mol. The first kappa shape index (κ1) is 31.1. The number of aliphatic hydroxyl groups excluding tert-OH is 7. The molecule has 0 aliphatic carbocycles. The highest BCUT2D eigenvalue weighted by atomic mass is 16.7. The fraction of sp³-hybridized carbons (Fsp3) is 0.464. The van der Waals surface area contributed by atoms with Gasteiger partial charge in [-0.25, -0.2) is 0 Å². The summed E-state index contributed by atoms with van der Waals surface area (Å²) < 4.78 is 28.3. The van der Waals surface area contributed by atoms with Crippen LogP contribution in [0.2, 0.25) is 0 Å². The van der Waals surface area contributed by atoms with Crippen LogP contribution in [0.5, 0.6) is 17.2 Å². The van der Waals surface area contributed by atoms with E-state index in [-0.39, 0.29) is 33.8 Å². The number of rotatable bonds is 7. The van der Waals surface area contributed by atoms with Gasteiger partial charge >= 0.3 is 0 Å². The Bertz CT molecular complexity index is 1490. The van der Waals surface area contributed by atoms with Gasteiger partial charge in [-0.2, -0.15) is 0 Å². The standard InChI is InChI=1S/C28H32O15/c1-39-14-7-15-18(12(32)6-13(40-15)10-2-4-11(31)5-3-10)22(35)19(14)26-27(24(37)21(34)16(8-29)41-26)43-28-25(38)23(36)20(33)17(9-30)42-28/h2-7,16-17,20-21,23-31,33-38H,8-9H2,1H3/t16-,17-,20-,21-,23+,24+,25-,26-,27-,28+/m1/s1.